The predicted octanol–water partition coefficient (Wildman–Crippen LogP) is 1.89. The maximum absolute atomic E-state index is 3.39. The van der Waals surface area contributed by atoms with E-state index in [-0.39, 0.29) is 0 Å². The summed E-state index contributed by atoms with van der Waals surface area (Å²) in [6, 6.07) is 12.7. The molecule has 1 fully saturated rings. The zero-order chi connectivity index (χ0) is 11.5. The highest BCUT2D eigenvalue weighted by Gasteiger charge is 2.13. The van der Waals surface area contributed by atoms with Crippen molar-refractivity contribution < 1.29 is 0 Å². The molecule has 0 unspecified atom stereocenters. The second-order valence-electron chi connectivity index (χ2n) is 4.32. The summed E-state index contributed by atoms with van der Waals surface area (Å²) in [5.74, 6) is 0. The standard InChI is InChI=1S/C14H17N3/c1-2-6-14(17-11-7-15-8-12-17)13(5-1)16-9-3-4-10-16/h1-6,9-10,15H,7-8,11-12H2. The highest BCUT2D eigenvalue weighted by Crippen LogP contribution is 2.24. The van der Waals surface area contributed by atoms with Gasteiger partial charge in [-0.2, -0.15) is 0 Å². The molecule has 0 aliphatic carbocycles. The molecule has 3 heteroatoms. The average molecular weight is 227 g/mol. The number of aromatic nitrogens is 1. The van der Waals surface area contributed by atoms with Crippen molar-refractivity contribution in [3.8, 4) is 5.69 Å². The zero-order valence-electron chi connectivity index (χ0n) is 9.84. The zero-order valence-corrected chi connectivity index (χ0v) is 9.84. The molecule has 0 radical (unpaired) electrons. The number of para-hydroxylation sites is 2. The normalized spacial score (nSPS) is 16.1. The van der Waals surface area contributed by atoms with E-state index in [1.807, 2.05) is 0 Å². The van der Waals surface area contributed by atoms with Gasteiger partial charge in [-0.1, -0.05) is 12.1 Å². The molecule has 2 heterocycles. The Morgan fingerprint density at radius 2 is 1.47 bits per heavy atom. The topological polar surface area (TPSA) is 20.2 Å². The second-order valence-corrected chi connectivity index (χ2v) is 4.32. The third-order valence-electron chi connectivity index (χ3n) is 3.22. The van der Waals surface area contributed by atoms with Crippen LogP contribution in [0.15, 0.2) is 48.8 Å². The molecule has 1 saturated heterocycles. The van der Waals surface area contributed by atoms with E-state index in [9.17, 15) is 0 Å². The van der Waals surface area contributed by atoms with Crippen LogP contribution in [0.2, 0.25) is 0 Å². The first kappa shape index (κ1) is 10.4. The molecule has 1 aromatic carbocycles. The van der Waals surface area contributed by atoms with Gasteiger partial charge in [0.15, 0.2) is 0 Å². The Morgan fingerprint density at radius 1 is 0.824 bits per heavy atom. The summed E-state index contributed by atoms with van der Waals surface area (Å²) in [5.41, 5.74) is 2.59. The maximum atomic E-state index is 3.39. The quantitative estimate of drug-likeness (QED) is 0.845. The molecule has 17 heavy (non-hydrogen) atoms. The van der Waals surface area contributed by atoms with Gasteiger partial charge in [0.2, 0.25) is 0 Å². The predicted molar refractivity (Wildman–Crippen MR) is 70.9 cm³/mol. The first-order valence-electron chi connectivity index (χ1n) is 6.13. The fourth-order valence-electron chi connectivity index (χ4n) is 2.35. The smallest absolute Gasteiger partial charge is 0.0684 e. The SMILES string of the molecule is c1ccc(-n2cccc2)c(N2CCNCC2)c1. The number of nitrogens with zero attached hydrogens (tertiary/aromatic N) is 2. The molecular weight excluding hydrogens is 210 g/mol. The van der Waals surface area contributed by atoms with Crippen LogP contribution in [0.4, 0.5) is 5.69 Å². The molecule has 1 aliphatic heterocycles. The van der Waals surface area contributed by atoms with E-state index in [4.69, 9.17) is 0 Å². The molecule has 2 aromatic rings. The third kappa shape index (κ3) is 2.06. The molecule has 3 rings (SSSR count). The molecule has 1 aromatic heterocycles. The summed E-state index contributed by atoms with van der Waals surface area (Å²) in [4.78, 5) is 2.45. The average Bonchev–Trinajstić information content (AvgIpc) is 2.94. The van der Waals surface area contributed by atoms with Gasteiger partial charge in [0, 0.05) is 38.6 Å². The second kappa shape index (κ2) is 4.63. The Morgan fingerprint density at radius 3 is 2.18 bits per heavy atom. The van der Waals surface area contributed by atoms with E-state index < -0.39 is 0 Å². The molecule has 0 amide bonds. The molecule has 3 nitrogen and oxygen atoms in total. The number of hydrogen-bond acceptors (Lipinski definition) is 2. The van der Waals surface area contributed by atoms with E-state index in [0.29, 0.717) is 0 Å². The molecule has 0 bridgehead atoms. The molecule has 0 saturated carbocycles. The van der Waals surface area contributed by atoms with Crippen LogP contribution >= 0.6 is 0 Å². The van der Waals surface area contributed by atoms with E-state index in [1.54, 1.807) is 0 Å². The Balaban J connectivity index is 1.98. The number of rotatable bonds is 2. The fourth-order valence-corrected chi connectivity index (χ4v) is 2.35. The van der Waals surface area contributed by atoms with Crippen molar-refractivity contribution in [2.75, 3.05) is 31.1 Å². The molecule has 0 spiro atoms. The van der Waals surface area contributed by atoms with Crippen molar-refractivity contribution in [2.45, 2.75) is 0 Å². The Labute approximate surface area is 102 Å². The van der Waals surface area contributed by atoms with Crippen LogP contribution in [0.5, 0.6) is 0 Å². The van der Waals surface area contributed by atoms with Gasteiger partial charge in [-0.25, -0.2) is 0 Å². The first-order chi connectivity index (χ1) is 8.45. The van der Waals surface area contributed by atoms with Crippen molar-refractivity contribution >= 4 is 5.69 Å². The molecule has 1 N–H and O–H groups in total. The largest absolute Gasteiger partial charge is 0.367 e. The maximum Gasteiger partial charge on any atom is 0.0684 e. The number of benzene rings is 1. The molecule has 1 aliphatic rings. The van der Waals surface area contributed by atoms with Crippen molar-refractivity contribution in [1.29, 1.82) is 0 Å². The lowest BCUT2D eigenvalue weighted by Crippen LogP contribution is -2.43. The molecule has 88 valence electrons. The van der Waals surface area contributed by atoms with Crippen LogP contribution in [0.3, 0.4) is 0 Å². The summed E-state index contributed by atoms with van der Waals surface area (Å²) >= 11 is 0. The third-order valence-corrected chi connectivity index (χ3v) is 3.22. The van der Waals surface area contributed by atoms with Gasteiger partial charge in [0.05, 0.1) is 11.4 Å². The lowest BCUT2D eigenvalue weighted by molar-refractivity contribution is 0.588. The van der Waals surface area contributed by atoms with E-state index in [0.717, 1.165) is 26.2 Å². The minimum absolute atomic E-state index is 1.07. The van der Waals surface area contributed by atoms with Crippen LogP contribution in [0.1, 0.15) is 0 Å². The fraction of sp³-hybridized carbons (Fsp3) is 0.286. The summed E-state index contributed by atoms with van der Waals surface area (Å²) < 4.78 is 2.18. The number of nitrogens with one attached hydrogen (secondary N) is 1. The Kier molecular flexibility index (Phi) is 2.84. The summed E-state index contributed by atoms with van der Waals surface area (Å²) in [6.45, 7) is 4.30. The highest BCUT2D eigenvalue weighted by atomic mass is 15.2. The lowest BCUT2D eigenvalue weighted by Gasteiger charge is -2.31. The van der Waals surface area contributed by atoms with Gasteiger partial charge in [0.1, 0.15) is 0 Å². The van der Waals surface area contributed by atoms with Crippen molar-refractivity contribution in [3.05, 3.63) is 48.8 Å². The summed E-state index contributed by atoms with van der Waals surface area (Å²) in [6.07, 6.45) is 4.20. The van der Waals surface area contributed by atoms with Gasteiger partial charge in [-0.05, 0) is 24.3 Å². The summed E-state index contributed by atoms with van der Waals surface area (Å²) in [5, 5.41) is 3.39. The van der Waals surface area contributed by atoms with Crippen LogP contribution in [0, 0.1) is 0 Å². The Hall–Kier alpha value is -1.74. The summed E-state index contributed by atoms with van der Waals surface area (Å²) in [7, 11) is 0. The number of piperazine rings is 1. The van der Waals surface area contributed by atoms with Crippen molar-refractivity contribution in [3.63, 3.8) is 0 Å². The van der Waals surface area contributed by atoms with Gasteiger partial charge >= 0.3 is 0 Å². The van der Waals surface area contributed by atoms with Crippen LogP contribution in [-0.4, -0.2) is 30.7 Å². The monoisotopic (exact) mass is 227 g/mol. The van der Waals surface area contributed by atoms with Crippen molar-refractivity contribution in [2.24, 2.45) is 0 Å². The van der Waals surface area contributed by atoms with Crippen LogP contribution in [-0.2, 0) is 0 Å². The highest BCUT2D eigenvalue weighted by molar-refractivity contribution is 5.63. The number of hydrogen-bond donors (Lipinski definition) is 1. The molecular formula is C14H17N3. The number of anilines is 1. The van der Waals surface area contributed by atoms with Gasteiger partial charge in [-0.15, -0.1) is 0 Å². The minimum Gasteiger partial charge on any atom is -0.367 e. The van der Waals surface area contributed by atoms with Gasteiger partial charge < -0.3 is 14.8 Å². The van der Waals surface area contributed by atoms with Gasteiger partial charge in [-0.3, -0.25) is 0 Å². The Bertz CT molecular complexity index is 470. The first-order valence-corrected chi connectivity index (χ1v) is 6.13. The van der Waals surface area contributed by atoms with Crippen molar-refractivity contribution in [1.82, 2.24) is 9.88 Å². The van der Waals surface area contributed by atoms with E-state index >= 15 is 0 Å². The van der Waals surface area contributed by atoms with Crippen LogP contribution < -0.4 is 10.2 Å². The minimum atomic E-state index is 1.07. The van der Waals surface area contributed by atoms with Crippen LogP contribution in [0.25, 0.3) is 5.69 Å². The molecule has 0 atom stereocenters. The van der Waals surface area contributed by atoms with E-state index in [2.05, 4.69) is 63.6 Å². The van der Waals surface area contributed by atoms with E-state index in [1.165, 1.54) is 11.4 Å². The van der Waals surface area contributed by atoms with Gasteiger partial charge in [0.25, 0.3) is 0 Å². The lowest BCUT2D eigenvalue weighted by atomic mass is 10.2.